The van der Waals surface area contributed by atoms with E-state index in [0.717, 1.165) is 11.3 Å². The van der Waals surface area contributed by atoms with Gasteiger partial charge in [-0.2, -0.15) is 9.78 Å². The number of hydrogen-bond donors (Lipinski definition) is 2. The Morgan fingerprint density at radius 2 is 1.96 bits per heavy atom. The van der Waals surface area contributed by atoms with Crippen LogP contribution in [0.15, 0.2) is 35.1 Å². The van der Waals surface area contributed by atoms with Crippen molar-refractivity contribution >= 4 is 11.7 Å². The van der Waals surface area contributed by atoms with Gasteiger partial charge in [0.15, 0.2) is 0 Å². The highest BCUT2D eigenvalue weighted by atomic mass is 16.5. The van der Waals surface area contributed by atoms with Gasteiger partial charge in [-0.05, 0) is 38.0 Å². The molecule has 2 heterocycles. The summed E-state index contributed by atoms with van der Waals surface area (Å²) in [6.45, 7) is 5.50. The third kappa shape index (κ3) is 4.11. The SMILES string of the molecule is CCc1c(C)nc(-n2nc(C)cc2NC(=O)Cc2ccc(OC)cc2)[nH]c1=O. The number of carbonyl (C=O) groups is 1. The van der Waals surface area contributed by atoms with Crippen molar-refractivity contribution in [2.75, 3.05) is 12.4 Å². The number of amides is 1. The number of aromatic nitrogens is 4. The van der Waals surface area contributed by atoms with Crippen LogP contribution in [0.4, 0.5) is 5.82 Å². The number of anilines is 1. The molecular formula is C20H23N5O3. The van der Waals surface area contributed by atoms with Gasteiger partial charge in [-0.3, -0.25) is 14.6 Å². The molecule has 0 saturated carbocycles. The van der Waals surface area contributed by atoms with E-state index in [9.17, 15) is 9.59 Å². The number of methoxy groups -OCH3 is 1. The zero-order valence-corrected chi connectivity index (χ0v) is 16.4. The molecule has 1 aromatic carbocycles. The molecule has 8 heteroatoms. The first-order chi connectivity index (χ1) is 13.4. The molecule has 0 aliphatic heterocycles. The van der Waals surface area contributed by atoms with Crippen LogP contribution in [-0.2, 0) is 17.6 Å². The summed E-state index contributed by atoms with van der Waals surface area (Å²) < 4.78 is 6.56. The standard InChI is InChI=1S/C20H23N5O3/c1-5-16-13(3)21-20(23-19(16)27)25-17(10-12(2)24-25)22-18(26)11-14-6-8-15(28-4)9-7-14/h6-10H,5,11H2,1-4H3,(H,22,26)(H,21,23,27). The third-order valence-corrected chi connectivity index (χ3v) is 4.39. The van der Waals surface area contributed by atoms with Crippen molar-refractivity contribution in [2.24, 2.45) is 0 Å². The Morgan fingerprint density at radius 1 is 1.25 bits per heavy atom. The van der Waals surface area contributed by atoms with Crippen molar-refractivity contribution in [3.05, 3.63) is 63.2 Å². The van der Waals surface area contributed by atoms with Crippen LogP contribution in [0.1, 0.15) is 29.4 Å². The van der Waals surface area contributed by atoms with Gasteiger partial charge in [-0.15, -0.1) is 0 Å². The molecule has 0 fully saturated rings. The number of benzene rings is 1. The summed E-state index contributed by atoms with van der Waals surface area (Å²) in [5, 5.41) is 7.20. The molecule has 1 amide bonds. The van der Waals surface area contributed by atoms with E-state index in [1.165, 1.54) is 4.68 Å². The molecule has 2 aromatic heterocycles. The fourth-order valence-electron chi connectivity index (χ4n) is 2.98. The number of H-pyrrole nitrogens is 1. The molecule has 0 aliphatic rings. The molecule has 28 heavy (non-hydrogen) atoms. The van der Waals surface area contributed by atoms with Gasteiger partial charge < -0.3 is 10.1 Å². The minimum Gasteiger partial charge on any atom is -0.497 e. The number of nitrogens with one attached hydrogen (secondary N) is 2. The molecule has 0 radical (unpaired) electrons. The van der Waals surface area contributed by atoms with Gasteiger partial charge in [-0.25, -0.2) is 4.98 Å². The van der Waals surface area contributed by atoms with Gasteiger partial charge in [-0.1, -0.05) is 19.1 Å². The maximum atomic E-state index is 12.5. The van der Waals surface area contributed by atoms with Crippen LogP contribution in [0.2, 0.25) is 0 Å². The second kappa shape index (κ2) is 8.08. The Kier molecular flexibility index (Phi) is 5.58. The lowest BCUT2D eigenvalue weighted by atomic mass is 10.1. The number of aromatic amines is 1. The molecule has 0 aliphatic carbocycles. The third-order valence-electron chi connectivity index (χ3n) is 4.39. The van der Waals surface area contributed by atoms with Crippen LogP contribution in [0, 0.1) is 13.8 Å². The molecule has 0 spiro atoms. The minimum atomic E-state index is -0.200. The predicted octanol–water partition coefficient (Wildman–Crippen LogP) is 2.32. The molecular weight excluding hydrogens is 358 g/mol. The van der Waals surface area contributed by atoms with E-state index < -0.39 is 0 Å². The number of carbonyl (C=O) groups excluding carboxylic acids is 1. The number of ether oxygens (including phenoxy) is 1. The summed E-state index contributed by atoms with van der Waals surface area (Å²) in [6.07, 6.45) is 0.796. The lowest BCUT2D eigenvalue weighted by molar-refractivity contribution is -0.115. The van der Waals surface area contributed by atoms with E-state index in [4.69, 9.17) is 4.74 Å². The zero-order chi connectivity index (χ0) is 20.3. The highest BCUT2D eigenvalue weighted by Gasteiger charge is 2.15. The highest BCUT2D eigenvalue weighted by molar-refractivity contribution is 5.91. The summed E-state index contributed by atoms with van der Waals surface area (Å²) in [4.78, 5) is 31.9. The Labute approximate surface area is 162 Å². The molecule has 0 bridgehead atoms. The van der Waals surface area contributed by atoms with Gasteiger partial charge >= 0.3 is 0 Å². The lowest BCUT2D eigenvalue weighted by Gasteiger charge is -2.10. The Hall–Kier alpha value is -3.42. The van der Waals surface area contributed by atoms with E-state index in [1.54, 1.807) is 27.0 Å². The smallest absolute Gasteiger partial charge is 0.255 e. The maximum Gasteiger partial charge on any atom is 0.255 e. The summed E-state index contributed by atoms with van der Waals surface area (Å²) in [5.74, 6) is 1.25. The van der Waals surface area contributed by atoms with Crippen LogP contribution in [0.5, 0.6) is 5.75 Å². The van der Waals surface area contributed by atoms with Crippen LogP contribution in [-0.4, -0.2) is 32.8 Å². The average Bonchev–Trinajstić information content (AvgIpc) is 3.02. The lowest BCUT2D eigenvalue weighted by Crippen LogP contribution is -2.22. The largest absolute Gasteiger partial charge is 0.497 e. The first-order valence-corrected chi connectivity index (χ1v) is 9.01. The van der Waals surface area contributed by atoms with Crippen molar-refractivity contribution in [1.29, 1.82) is 0 Å². The molecule has 8 nitrogen and oxygen atoms in total. The van der Waals surface area contributed by atoms with Crippen LogP contribution >= 0.6 is 0 Å². The zero-order valence-electron chi connectivity index (χ0n) is 16.4. The first-order valence-electron chi connectivity index (χ1n) is 9.01. The van der Waals surface area contributed by atoms with Gasteiger partial charge in [0.25, 0.3) is 5.56 Å². The van der Waals surface area contributed by atoms with Crippen molar-refractivity contribution in [3.63, 3.8) is 0 Å². The topological polar surface area (TPSA) is 102 Å². The van der Waals surface area contributed by atoms with E-state index in [0.29, 0.717) is 29.2 Å². The molecule has 146 valence electrons. The molecule has 0 atom stereocenters. The number of nitrogens with zero attached hydrogens (tertiary/aromatic N) is 3. The summed E-state index contributed by atoms with van der Waals surface area (Å²) in [7, 11) is 1.60. The van der Waals surface area contributed by atoms with E-state index in [1.807, 2.05) is 31.2 Å². The number of hydrogen-bond acceptors (Lipinski definition) is 5. The van der Waals surface area contributed by atoms with Gasteiger partial charge in [0.1, 0.15) is 11.6 Å². The van der Waals surface area contributed by atoms with Crippen molar-refractivity contribution in [3.8, 4) is 11.7 Å². The fourth-order valence-corrected chi connectivity index (χ4v) is 2.98. The molecule has 3 rings (SSSR count). The minimum absolute atomic E-state index is 0.199. The van der Waals surface area contributed by atoms with Gasteiger partial charge in [0.05, 0.1) is 19.2 Å². The number of aryl methyl sites for hydroxylation is 2. The highest BCUT2D eigenvalue weighted by Crippen LogP contribution is 2.16. The Balaban J connectivity index is 1.84. The van der Waals surface area contributed by atoms with Crippen LogP contribution in [0.25, 0.3) is 5.95 Å². The normalized spacial score (nSPS) is 10.7. The molecule has 0 saturated heterocycles. The van der Waals surface area contributed by atoms with Crippen molar-refractivity contribution in [2.45, 2.75) is 33.6 Å². The summed E-state index contributed by atoms with van der Waals surface area (Å²) in [5.41, 5.74) is 2.63. The molecule has 0 unspecified atom stereocenters. The molecule has 3 aromatic rings. The number of rotatable bonds is 6. The quantitative estimate of drug-likeness (QED) is 0.682. The van der Waals surface area contributed by atoms with E-state index in [-0.39, 0.29) is 23.8 Å². The Morgan fingerprint density at radius 3 is 2.57 bits per heavy atom. The molecule has 2 N–H and O–H groups in total. The fraction of sp³-hybridized carbons (Fsp3) is 0.300. The summed E-state index contributed by atoms with van der Waals surface area (Å²) in [6, 6.07) is 9.03. The second-order valence-electron chi connectivity index (χ2n) is 6.46. The predicted molar refractivity (Wildman–Crippen MR) is 106 cm³/mol. The van der Waals surface area contributed by atoms with Gasteiger partial charge in [0, 0.05) is 17.3 Å². The second-order valence-corrected chi connectivity index (χ2v) is 6.46. The van der Waals surface area contributed by atoms with Crippen LogP contribution < -0.4 is 15.6 Å². The summed E-state index contributed by atoms with van der Waals surface area (Å²) >= 11 is 0. The first kappa shape index (κ1) is 19.3. The maximum absolute atomic E-state index is 12.5. The van der Waals surface area contributed by atoms with Crippen molar-refractivity contribution < 1.29 is 9.53 Å². The van der Waals surface area contributed by atoms with E-state index in [2.05, 4.69) is 20.4 Å². The Bertz CT molecular complexity index is 1050. The van der Waals surface area contributed by atoms with Crippen molar-refractivity contribution in [1.82, 2.24) is 19.7 Å². The average molecular weight is 381 g/mol. The van der Waals surface area contributed by atoms with E-state index >= 15 is 0 Å². The monoisotopic (exact) mass is 381 g/mol. The van der Waals surface area contributed by atoms with Crippen LogP contribution in [0.3, 0.4) is 0 Å². The van der Waals surface area contributed by atoms with Gasteiger partial charge in [0.2, 0.25) is 11.9 Å².